The molecule has 1 rings (SSSR count). The first-order valence-electron chi connectivity index (χ1n) is 4.21. The summed E-state index contributed by atoms with van der Waals surface area (Å²) >= 11 is 1.45. The minimum Gasteiger partial charge on any atom is -0.394 e. The Kier molecular flexibility index (Phi) is 4.06. The number of thioether (sulfide) groups is 1. The van der Waals surface area contributed by atoms with Crippen molar-refractivity contribution in [2.45, 2.75) is 18.9 Å². The molecule has 0 aliphatic carbocycles. The maximum absolute atomic E-state index is 9.06. The topological polar surface area (TPSA) is 59.6 Å². The van der Waals surface area contributed by atoms with E-state index in [1.165, 1.54) is 11.8 Å². The van der Waals surface area contributed by atoms with Gasteiger partial charge in [0.05, 0.1) is 12.6 Å². The Hall–Kier alpha value is -0.730. The van der Waals surface area contributed by atoms with Crippen molar-refractivity contribution in [2.24, 2.45) is 4.99 Å². The summed E-state index contributed by atoms with van der Waals surface area (Å²) in [5.74, 6) is 0. The van der Waals surface area contributed by atoms with Crippen LogP contribution in [0.15, 0.2) is 4.99 Å². The predicted molar refractivity (Wildman–Crippen MR) is 53.4 cm³/mol. The first kappa shape index (κ1) is 10.4. The fourth-order valence-electron chi connectivity index (χ4n) is 1.55. The van der Waals surface area contributed by atoms with Gasteiger partial charge in [0.25, 0.3) is 0 Å². The number of aliphatic imine (C=N–C) groups is 1. The molecule has 5 heteroatoms. The van der Waals surface area contributed by atoms with Gasteiger partial charge in [-0.3, -0.25) is 0 Å². The van der Waals surface area contributed by atoms with Gasteiger partial charge in [-0.05, 0) is 19.1 Å². The number of aliphatic hydroxyl groups is 1. The largest absolute Gasteiger partial charge is 0.394 e. The van der Waals surface area contributed by atoms with Crippen molar-refractivity contribution in [1.82, 2.24) is 4.90 Å². The molecule has 1 fully saturated rings. The molecule has 1 atom stereocenters. The number of aliphatic hydroxyl groups excluding tert-OH is 1. The zero-order chi connectivity index (χ0) is 9.68. The molecule has 1 unspecified atom stereocenters. The van der Waals surface area contributed by atoms with Gasteiger partial charge >= 0.3 is 0 Å². The number of nitriles is 1. The SMILES string of the molecule is CSC(=NC#N)N1CCCC1CO. The lowest BCUT2D eigenvalue weighted by atomic mass is 10.2. The molecule has 1 aliphatic heterocycles. The Balaban J connectivity index is 2.69. The van der Waals surface area contributed by atoms with Crippen LogP contribution < -0.4 is 0 Å². The summed E-state index contributed by atoms with van der Waals surface area (Å²) in [5, 5.41) is 18.2. The molecule has 0 saturated carbocycles. The van der Waals surface area contributed by atoms with Gasteiger partial charge in [0.15, 0.2) is 5.17 Å². The molecule has 0 spiro atoms. The van der Waals surface area contributed by atoms with Crippen LogP contribution in [0.25, 0.3) is 0 Å². The van der Waals surface area contributed by atoms with Gasteiger partial charge in [-0.1, -0.05) is 11.8 Å². The molecule has 1 saturated heterocycles. The van der Waals surface area contributed by atoms with Crippen LogP contribution >= 0.6 is 11.8 Å². The number of hydrogen-bond acceptors (Lipinski definition) is 4. The van der Waals surface area contributed by atoms with Crippen LogP contribution in [-0.2, 0) is 0 Å². The van der Waals surface area contributed by atoms with Gasteiger partial charge < -0.3 is 10.0 Å². The average molecular weight is 199 g/mol. The van der Waals surface area contributed by atoms with Gasteiger partial charge in [-0.25, -0.2) is 0 Å². The monoisotopic (exact) mass is 199 g/mol. The van der Waals surface area contributed by atoms with E-state index in [2.05, 4.69) is 4.99 Å². The summed E-state index contributed by atoms with van der Waals surface area (Å²) in [5.41, 5.74) is 0. The van der Waals surface area contributed by atoms with Crippen LogP contribution in [0.5, 0.6) is 0 Å². The highest BCUT2D eigenvalue weighted by Crippen LogP contribution is 2.20. The van der Waals surface area contributed by atoms with E-state index in [0.717, 1.165) is 24.6 Å². The second-order valence-corrected chi connectivity index (χ2v) is 3.64. The molecular weight excluding hydrogens is 186 g/mol. The third kappa shape index (κ3) is 2.36. The molecule has 13 heavy (non-hydrogen) atoms. The fourth-order valence-corrected chi connectivity index (χ4v) is 2.15. The quantitative estimate of drug-likeness (QED) is 0.382. The van der Waals surface area contributed by atoms with Crippen LogP contribution in [-0.4, -0.2) is 40.6 Å². The minimum absolute atomic E-state index is 0.144. The van der Waals surface area contributed by atoms with Gasteiger partial charge in [-0.2, -0.15) is 5.26 Å². The number of likely N-dealkylation sites (tertiary alicyclic amines) is 1. The average Bonchev–Trinajstić information content (AvgIpc) is 2.61. The van der Waals surface area contributed by atoms with Crippen molar-refractivity contribution in [1.29, 1.82) is 5.26 Å². The van der Waals surface area contributed by atoms with Crippen molar-refractivity contribution in [3.05, 3.63) is 0 Å². The number of hydrogen-bond donors (Lipinski definition) is 1. The molecule has 72 valence electrons. The summed E-state index contributed by atoms with van der Waals surface area (Å²) < 4.78 is 0. The summed E-state index contributed by atoms with van der Waals surface area (Å²) in [6.45, 7) is 1.04. The van der Waals surface area contributed by atoms with E-state index in [1.54, 1.807) is 6.19 Å². The second-order valence-electron chi connectivity index (χ2n) is 2.87. The Morgan fingerprint density at radius 2 is 2.62 bits per heavy atom. The maximum atomic E-state index is 9.06. The van der Waals surface area contributed by atoms with E-state index in [9.17, 15) is 0 Å². The van der Waals surface area contributed by atoms with Crippen molar-refractivity contribution in [3.8, 4) is 6.19 Å². The lowest BCUT2D eigenvalue weighted by Gasteiger charge is -2.24. The Bertz CT molecular complexity index is 236. The summed E-state index contributed by atoms with van der Waals surface area (Å²) in [6.07, 6.45) is 5.73. The van der Waals surface area contributed by atoms with E-state index < -0.39 is 0 Å². The zero-order valence-electron chi connectivity index (χ0n) is 7.60. The molecule has 0 amide bonds. The molecule has 0 bridgehead atoms. The Morgan fingerprint density at radius 3 is 3.15 bits per heavy atom. The Labute approximate surface area is 82.3 Å². The summed E-state index contributed by atoms with van der Waals surface area (Å²) in [7, 11) is 0. The van der Waals surface area contributed by atoms with Gasteiger partial charge in [0, 0.05) is 6.54 Å². The van der Waals surface area contributed by atoms with E-state index in [-0.39, 0.29) is 12.6 Å². The normalized spacial score (nSPS) is 23.3. The third-order valence-electron chi connectivity index (χ3n) is 2.16. The predicted octanol–water partition coefficient (Wildman–Crippen LogP) is 0.643. The van der Waals surface area contributed by atoms with Gasteiger partial charge in [-0.15, -0.1) is 4.99 Å². The third-order valence-corrected chi connectivity index (χ3v) is 2.85. The first-order valence-corrected chi connectivity index (χ1v) is 5.44. The highest BCUT2D eigenvalue weighted by molar-refractivity contribution is 8.13. The van der Waals surface area contributed by atoms with Gasteiger partial charge in [0.2, 0.25) is 6.19 Å². The molecule has 1 heterocycles. The highest BCUT2D eigenvalue weighted by Gasteiger charge is 2.26. The first-order chi connectivity index (χ1) is 6.33. The molecule has 0 radical (unpaired) electrons. The molecule has 4 nitrogen and oxygen atoms in total. The molecule has 0 aromatic rings. The van der Waals surface area contributed by atoms with Crippen LogP contribution in [0.3, 0.4) is 0 Å². The standard InChI is InChI=1S/C8H13N3OS/c1-13-8(10-6-9)11-4-2-3-7(11)5-12/h7,12H,2-5H2,1H3. The zero-order valence-corrected chi connectivity index (χ0v) is 8.42. The lowest BCUT2D eigenvalue weighted by molar-refractivity contribution is 0.210. The molecule has 1 N–H and O–H groups in total. The molecule has 0 aromatic heterocycles. The molecule has 1 aliphatic rings. The highest BCUT2D eigenvalue weighted by atomic mass is 32.2. The van der Waals surface area contributed by atoms with Crippen LogP contribution in [0.1, 0.15) is 12.8 Å². The number of rotatable bonds is 1. The Morgan fingerprint density at radius 1 is 1.85 bits per heavy atom. The minimum atomic E-state index is 0.144. The van der Waals surface area contributed by atoms with E-state index in [0.29, 0.717) is 0 Å². The van der Waals surface area contributed by atoms with E-state index in [4.69, 9.17) is 10.4 Å². The van der Waals surface area contributed by atoms with Crippen molar-refractivity contribution in [3.63, 3.8) is 0 Å². The molecule has 0 aromatic carbocycles. The summed E-state index contributed by atoms with van der Waals surface area (Å²) in [4.78, 5) is 5.73. The van der Waals surface area contributed by atoms with Crippen LogP contribution in [0.4, 0.5) is 0 Å². The van der Waals surface area contributed by atoms with Gasteiger partial charge in [0.1, 0.15) is 0 Å². The van der Waals surface area contributed by atoms with Crippen LogP contribution in [0.2, 0.25) is 0 Å². The maximum Gasteiger partial charge on any atom is 0.208 e. The van der Waals surface area contributed by atoms with Crippen molar-refractivity contribution >= 4 is 16.9 Å². The van der Waals surface area contributed by atoms with Crippen LogP contribution in [0, 0.1) is 11.5 Å². The smallest absolute Gasteiger partial charge is 0.208 e. The lowest BCUT2D eigenvalue weighted by Crippen LogP contribution is -2.35. The van der Waals surface area contributed by atoms with Crippen molar-refractivity contribution in [2.75, 3.05) is 19.4 Å². The number of nitrogens with zero attached hydrogens (tertiary/aromatic N) is 3. The molecular formula is C8H13N3OS. The number of amidine groups is 1. The summed E-state index contributed by atoms with van der Waals surface area (Å²) in [6, 6.07) is 0.152. The van der Waals surface area contributed by atoms with Crippen molar-refractivity contribution < 1.29 is 5.11 Å². The van der Waals surface area contributed by atoms with E-state index >= 15 is 0 Å². The second kappa shape index (κ2) is 5.10. The fraction of sp³-hybridized carbons (Fsp3) is 0.750. The van der Waals surface area contributed by atoms with E-state index in [1.807, 2.05) is 11.2 Å².